The van der Waals surface area contributed by atoms with Crippen LogP contribution in [0.5, 0.6) is 0 Å². The highest BCUT2D eigenvalue weighted by atomic mass is 16.3. The minimum absolute atomic E-state index is 0.385. The van der Waals surface area contributed by atoms with Crippen molar-refractivity contribution >= 4 is 0 Å². The molecular formula is C9H20O6. The molecule has 6 N–H and O–H groups in total. The van der Waals surface area contributed by atoms with E-state index in [2.05, 4.69) is 0 Å². The highest BCUT2D eigenvalue weighted by molar-refractivity contribution is 4.88. The molecule has 1 unspecified atom stereocenters. The van der Waals surface area contributed by atoms with Crippen molar-refractivity contribution in [1.29, 1.82) is 0 Å². The molecule has 0 amide bonds. The largest absolute Gasteiger partial charge is 0.396 e. The van der Waals surface area contributed by atoms with Crippen molar-refractivity contribution in [1.82, 2.24) is 0 Å². The van der Waals surface area contributed by atoms with Gasteiger partial charge in [0.05, 0.1) is 19.8 Å². The predicted molar refractivity (Wildman–Crippen MR) is 51.9 cm³/mol. The van der Waals surface area contributed by atoms with Crippen molar-refractivity contribution in [3.05, 3.63) is 0 Å². The molecule has 0 aromatic heterocycles. The van der Waals surface area contributed by atoms with Gasteiger partial charge in [-0.05, 0) is 0 Å². The number of aliphatic hydroxyl groups excluding tert-OH is 6. The van der Waals surface area contributed by atoms with Gasteiger partial charge in [-0.15, -0.1) is 0 Å². The van der Waals surface area contributed by atoms with Gasteiger partial charge in [0, 0.05) is 37.1 Å². The Kier molecular flexibility index (Phi) is 6.99. The van der Waals surface area contributed by atoms with Crippen LogP contribution in [0.3, 0.4) is 0 Å². The number of aliphatic hydroxyl groups is 6. The van der Waals surface area contributed by atoms with Gasteiger partial charge >= 0.3 is 0 Å². The topological polar surface area (TPSA) is 121 Å². The smallest absolute Gasteiger partial charge is 0.0535 e. The van der Waals surface area contributed by atoms with Gasteiger partial charge in [0.15, 0.2) is 0 Å². The lowest BCUT2D eigenvalue weighted by Gasteiger charge is -2.38. The van der Waals surface area contributed by atoms with Gasteiger partial charge in [0.25, 0.3) is 0 Å². The van der Waals surface area contributed by atoms with Crippen molar-refractivity contribution < 1.29 is 30.6 Å². The minimum atomic E-state index is -1.29. The van der Waals surface area contributed by atoms with E-state index < -0.39 is 43.7 Å². The average molecular weight is 224 g/mol. The first-order valence-electron chi connectivity index (χ1n) is 4.80. The van der Waals surface area contributed by atoms with Gasteiger partial charge in [-0.25, -0.2) is 0 Å². The van der Waals surface area contributed by atoms with Gasteiger partial charge in [-0.1, -0.05) is 0 Å². The van der Waals surface area contributed by atoms with Crippen LogP contribution in [0, 0.1) is 17.3 Å². The summed E-state index contributed by atoms with van der Waals surface area (Å²) in [6.07, 6.45) is 0. The molecule has 0 rings (SSSR count). The summed E-state index contributed by atoms with van der Waals surface area (Å²) in [7, 11) is 0. The zero-order valence-electron chi connectivity index (χ0n) is 8.58. The van der Waals surface area contributed by atoms with Crippen LogP contribution >= 0.6 is 0 Å². The van der Waals surface area contributed by atoms with Crippen LogP contribution in [-0.2, 0) is 0 Å². The molecule has 0 heterocycles. The molecular weight excluding hydrogens is 204 g/mol. The zero-order valence-corrected chi connectivity index (χ0v) is 8.58. The highest BCUT2D eigenvalue weighted by Gasteiger charge is 2.41. The quantitative estimate of drug-likeness (QED) is 0.264. The van der Waals surface area contributed by atoms with Gasteiger partial charge in [-0.2, -0.15) is 0 Å². The fraction of sp³-hybridized carbons (Fsp3) is 1.00. The molecule has 0 aliphatic rings. The molecule has 0 aromatic rings. The molecule has 6 heteroatoms. The summed E-state index contributed by atoms with van der Waals surface area (Å²) in [5.41, 5.74) is -1.29. The molecule has 0 bridgehead atoms. The SMILES string of the molecule is OCC(CO)C(CO)C(CO)(CO)CO. The lowest BCUT2D eigenvalue weighted by Crippen LogP contribution is -2.48. The second kappa shape index (κ2) is 7.10. The molecule has 0 aromatic carbocycles. The van der Waals surface area contributed by atoms with E-state index in [9.17, 15) is 0 Å². The fourth-order valence-electron chi connectivity index (χ4n) is 1.66. The number of rotatable bonds is 8. The molecule has 0 spiro atoms. The van der Waals surface area contributed by atoms with Crippen LogP contribution in [0.15, 0.2) is 0 Å². The van der Waals surface area contributed by atoms with E-state index in [-0.39, 0.29) is 13.2 Å². The highest BCUT2D eigenvalue weighted by Crippen LogP contribution is 2.32. The van der Waals surface area contributed by atoms with Gasteiger partial charge < -0.3 is 30.6 Å². The fourth-order valence-corrected chi connectivity index (χ4v) is 1.66. The standard InChI is InChI=1S/C9H20O6/c10-1-7(2-11)8(3-12)9(4-13,5-14)6-15/h7-8,10-15H,1-6H2. The molecule has 0 fully saturated rings. The third-order valence-electron chi connectivity index (χ3n) is 2.97. The summed E-state index contributed by atoms with van der Waals surface area (Å²) in [6.45, 7) is -2.79. The number of hydrogen-bond donors (Lipinski definition) is 6. The predicted octanol–water partition coefficient (Wildman–Crippen LogP) is -2.84. The Morgan fingerprint density at radius 1 is 0.667 bits per heavy atom. The lowest BCUT2D eigenvalue weighted by molar-refractivity contribution is -0.0903. The lowest BCUT2D eigenvalue weighted by atomic mass is 9.71. The van der Waals surface area contributed by atoms with E-state index in [1.54, 1.807) is 0 Å². The van der Waals surface area contributed by atoms with E-state index in [0.29, 0.717) is 0 Å². The Hall–Kier alpha value is -0.240. The first-order valence-corrected chi connectivity index (χ1v) is 4.80. The molecule has 1 atom stereocenters. The summed E-state index contributed by atoms with van der Waals surface area (Å²) in [4.78, 5) is 0. The van der Waals surface area contributed by atoms with Crippen molar-refractivity contribution in [3.63, 3.8) is 0 Å². The maximum absolute atomic E-state index is 9.13. The normalized spacial score (nSPS) is 14.6. The third kappa shape index (κ3) is 3.10. The summed E-state index contributed by atoms with van der Waals surface area (Å²) in [5.74, 6) is -1.44. The minimum Gasteiger partial charge on any atom is -0.396 e. The second-order valence-electron chi connectivity index (χ2n) is 3.75. The molecule has 92 valence electrons. The summed E-state index contributed by atoms with van der Waals surface area (Å²) >= 11 is 0. The Balaban J connectivity index is 4.86. The van der Waals surface area contributed by atoms with Crippen molar-refractivity contribution in [2.75, 3.05) is 39.6 Å². The van der Waals surface area contributed by atoms with Crippen molar-refractivity contribution in [3.8, 4) is 0 Å². The summed E-state index contributed by atoms with van der Waals surface area (Å²) in [5, 5.41) is 54.4. The first-order chi connectivity index (χ1) is 7.15. The Morgan fingerprint density at radius 3 is 1.27 bits per heavy atom. The van der Waals surface area contributed by atoms with Crippen LogP contribution in [0.2, 0.25) is 0 Å². The summed E-state index contributed by atoms with van der Waals surface area (Å²) < 4.78 is 0. The Labute approximate surface area is 88.4 Å². The zero-order chi connectivity index (χ0) is 11.9. The molecule has 0 aliphatic carbocycles. The Morgan fingerprint density at radius 2 is 1.07 bits per heavy atom. The molecule has 0 radical (unpaired) electrons. The van der Waals surface area contributed by atoms with Gasteiger partial charge in [0.1, 0.15) is 0 Å². The van der Waals surface area contributed by atoms with Crippen molar-refractivity contribution in [2.45, 2.75) is 0 Å². The second-order valence-corrected chi connectivity index (χ2v) is 3.75. The molecule has 0 aliphatic heterocycles. The first kappa shape index (κ1) is 14.8. The van der Waals surface area contributed by atoms with Gasteiger partial charge in [-0.3, -0.25) is 0 Å². The van der Waals surface area contributed by atoms with Crippen LogP contribution in [0.25, 0.3) is 0 Å². The van der Waals surface area contributed by atoms with E-state index in [1.807, 2.05) is 0 Å². The van der Waals surface area contributed by atoms with Crippen LogP contribution in [-0.4, -0.2) is 70.3 Å². The van der Waals surface area contributed by atoms with E-state index >= 15 is 0 Å². The monoisotopic (exact) mass is 224 g/mol. The van der Waals surface area contributed by atoms with Gasteiger partial charge in [0.2, 0.25) is 0 Å². The van der Waals surface area contributed by atoms with E-state index in [4.69, 9.17) is 30.6 Å². The van der Waals surface area contributed by atoms with Crippen LogP contribution in [0.1, 0.15) is 0 Å². The van der Waals surface area contributed by atoms with E-state index in [0.717, 1.165) is 0 Å². The molecule has 0 saturated carbocycles. The van der Waals surface area contributed by atoms with Crippen LogP contribution < -0.4 is 0 Å². The molecule has 0 saturated heterocycles. The molecule has 15 heavy (non-hydrogen) atoms. The maximum atomic E-state index is 9.13. The average Bonchev–Trinajstić information content (AvgIpc) is 2.30. The van der Waals surface area contributed by atoms with Crippen molar-refractivity contribution in [2.24, 2.45) is 17.3 Å². The number of hydrogen-bond acceptors (Lipinski definition) is 6. The van der Waals surface area contributed by atoms with Crippen LogP contribution in [0.4, 0.5) is 0 Å². The van der Waals surface area contributed by atoms with E-state index in [1.165, 1.54) is 0 Å². The Bertz CT molecular complexity index is 146. The summed E-state index contributed by atoms with van der Waals surface area (Å²) in [6, 6.07) is 0. The maximum Gasteiger partial charge on any atom is 0.0535 e. The third-order valence-corrected chi connectivity index (χ3v) is 2.97. The molecule has 6 nitrogen and oxygen atoms in total.